The second kappa shape index (κ2) is 4.06. The zero-order valence-electron chi connectivity index (χ0n) is 10.5. The average Bonchev–Trinajstić information content (AvgIpc) is 2.71. The first-order chi connectivity index (χ1) is 7.98. The fourth-order valence-electron chi connectivity index (χ4n) is 1.87. The highest BCUT2D eigenvalue weighted by molar-refractivity contribution is 5.74. The number of para-hydroxylation sites is 1. The molecule has 0 saturated heterocycles. The van der Waals surface area contributed by atoms with Crippen molar-refractivity contribution in [1.82, 2.24) is 24.8 Å². The summed E-state index contributed by atoms with van der Waals surface area (Å²) in [6, 6.07) is 7.54. The van der Waals surface area contributed by atoms with Crippen LogP contribution < -0.4 is 0 Å². The Morgan fingerprint density at radius 2 is 1.71 bits per heavy atom. The monoisotopic (exact) mass is 235 g/mol. The van der Waals surface area contributed by atoms with E-state index in [0.29, 0.717) is 0 Å². The first-order valence-electron chi connectivity index (χ1n) is 5.36. The van der Waals surface area contributed by atoms with Crippen LogP contribution in [0.15, 0.2) is 24.3 Å². The van der Waals surface area contributed by atoms with Crippen molar-refractivity contribution in [2.45, 2.75) is 5.97 Å². The van der Waals surface area contributed by atoms with Crippen LogP contribution in [0.2, 0.25) is 0 Å². The lowest BCUT2D eigenvalue weighted by Crippen LogP contribution is -2.57. The molecule has 6 nitrogen and oxygen atoms in total. The van der Waals surface area contributed by atoms with E-state index >= 15 is 0 Å². The Kier molecular flexibility index (Phi) is 2.86. The maximum Gasteiger partial charge on any atom is 0.282 e. The first-order valence-corrected chi connectivity index (χ1v) is 5.36. The van der Waals surface area contributed by atoms with Crippen LogP contribution in [0.5, 0.6) is 0 Å². The first kappa shape index (κ1) is 12.0. The molecule has 0 bridgehead atoms. The van der Waals surface area contributed by atoms with Crippen LogP contribution in [0.1, 0.15) is 0 Å². The zero-order chi connectivity index (χ0) is 12.6. The van der Waals surface area contributed by atoms with Gasteiger partial charge in [0.25, 0.3) is 5.97 Å². The molecule has 0 aliphatic carbocycles. The Morgan fingerprint density at radius 1 is 1.12 bits per heavy atom. The molecule has 0 fully saturated rings. The molecule has 1 aromatic carbocycles. The van der Waals surface area contributed by atoms with Gasteiger partial charge in [-0.1, -0.05) is 17.3 Å². The van der Waals surface area contributed by atoms with E-state index in [-0.39, 0.29) is 0 Å². The van der Waals surface area contributed by atoms with Gasteiger partial charge in [-0.2, -0.15) is 4.68 Å². The number of hydrogen-bond acceptors (Lipinski definition) is 5. The van der Waals surface area contributed by atoms with E-state index < -0.39 is 5.97 Å². The summed E-state index contributed by atoms with van der Waals surface area (Å²) in [5.41, 5.74) is 1.55. The molecule has 0 aliphatic heterocycles. The normalized spacial score (nSPS) is 12.9. The summed E-state index contributed by atoms with van der Waals surface area (Å²) in [6.45, 7) is 0. The second-order valence-corrected chi connectivity index (χ2v) is 4.38. The summed E-state index contributed by atoms with van der Waals surface area (Å²) in [6.07, 6.45) is 0. The topological polar surface area (TPSA) is 57.4 Å². The van der Waals surface area contributed by atoms with Gasteiger partial charge in [0, 0.05) is 0 Å². The van der Waals surface area contributed by atoms with Crippen LogP contribution in [0, 0.1) is 0 Å². The van der Waals surface area contributed by atoms with Crippen molar-refractivity contribution >= 4 is 11.0 Å². The van der Waals surface area contributed by atoms with Gasteiger partial charge in [-0.3, -0.25) is 0 Å². The van der Waals surface area contributed by atoms with Gasteiger partial charge < -0.3 is 5.11 Å². The summed E-state index contributed by atoms with van der Waals surface area (Å²) in [5.74, 6) is -1.34. The highest BCUT2D eigenvalue weighted by Gasteiger charge is 2.37. The number of aromatic nitrogens is 3. The fourth-order valence-corrected chi connectivity index (χ4v) is 1.87. The predicted molar refractivity (Wildman–Crippen MR) is 65.1 cm³/mol. The number of hydrogen-bond donors (Lipinski definition) is 1. The molecule has 0 aliphatic rings. The molecule has 0 spiro atoms. The van der Waals surface area contributed by atoms with Gasteiger partial charge >= 0.3 is 0 Å². The van der Waals surface area contributed by atoms with E-state index in [9.17, 15) is 5.11 Å². The van der Waals surface area contributed by atoms with Crippen LogP contribution in [-0.4, -0.2) is 58.1 Å². The van der Waals surface area contributed by atoms with Crippen LogP contribution >= 0.6 is 0 Å². The van der Waals surface area contributed by atoms with E-state index in [4.69, 9.17) is 0 Å². The second-order valence-electron chi connectivity index (χ2n) is 4.38. The van der Waals surface area contributed by atoms with Crippen molar-refractivity contribution in [1.29, 1.82) is 0 Å². The Bertz CT molecular complexity index is 511. The molecule has 0 unspecified atom stereocenters. The third-order valence-electron chi connectivity index (χ3n) is 2.84. The third kappa shape index (κ3) is 1.70. The van der Waals surface area contributed by atoms with Crippen molar-refractivity contribution in [2.24, 2.45) is 0 Å². The molecule has 2 rings (SSSR count). The summed E-state index contributed by atoms with van der Waals surface area (Å²) in [4.78, 5) is 3.35. The van der Waals surface area contributed by atoms with Gasteiger partial charge in [-0.15, -0.1) is 5.10 Å². The summed E-state index contributed by atoms with van der Waals surface area (Å²) in [5, 5.41) is 18.8. The molecular formula is C11H17N5O. The van der Waals surface area contributed by atoms with Crippen molar-refractivity contribution in [3.63, 3.8) is 0 Å². The summed E-state index contributed by atoms with van der Waals surface area (Å²) < 4.78 is 1.50. The lowest BCUT2D eigenvalue weighted by Gasteiger charge is -2.39. The van der Waals surface area contributed by atoms with E-state index in [0.717, 1.165) is 11.0 Å². The minimum Gasteiger partial charge on any atom is -0.344 e. The fraction of sp³-hybridized carbons (Fsp3) is 0.455. The smallest absolute Gasteiger partial charge is 0.282 e. The number of nitrogens with zero attached hydrogens (tertiary/aromatic N) is 5. The van der Waals surface area contributed by atoms with Gasteiger partial charge in [-0.25, -0.2) is 9.80 Å². The molecule has 1 aromatic heterocycles. The Balaban J connectivity index is 2.65. The lowest BCUT2D eigenvalue weighted by molar-refractivity contribution is -0.252. The maximum atomic E-state index is 10.7. The SMILES string of the molecule is CN(C)C(O)(N(C)C)n1nnc2ccccc21. The third-order valence-corrected chi connectivity index (χ3v) is 2.84. The standard InChI is InChI=1S/C11H17N5O/c1-14(2)11(17,15(3)4)16-10-8-6-5-7-9(10)12-13-16/h5-8,17H,1-4H3. The van der Waals surface area contributed by atoms with E-state index in [1.165, 1.54) is 4.68 Å². The molecule has 0 radical (unpaired) electrons. The number of rotatable bonds is 3. The van der Waals surface area contributed by atoms with Crippen LogP contribution in [0.25, 0.3) is 11.0 Å². The average molecular weight is 235 g/mol. The largest absolute Gasteiger partial charge is 0.344 e. The Hall–Kier alpha value is -1.50. The van der Waals surface area contributed by atoms with E-state index in [1.807, 2.05) is 24.3 Å². The van der Waals surface area contributed by atoms with E-state index in [1.54, 1.807) is 38.0 Å². The van der Waals surface area contributed by atoms with Crippen molar-refractivity contribution in [3.8, 4) is 0 Å². The molecule has 2 aromatic rings. The molecule has 0 atom stereocenters. The minimum atomic E-state index is -1.34. The molecular weight excluding hydrogens is 218 g/mol. The van der Waals surface area contributed by atoms with Gasteiger partial charge in [0.2, 0.25) is 0 Å². The van der Waals surface area contributed by atoms with Crippen LogP contribution in [0.4, 0.5) is 0 Å². The Morgan fingerprint density at radius 3 is 2.29 bits per heavy atom. The molecule has 92 valence electrons. The summed E-state index contributed by atoms with van der Waals surface area (Å²) in [7, 11) is 7.15. The van der Waals surface area contributed by atoms with Gasteiger partial charge in [0.1, 0.15) is 5.52 Å². The molecule has 0 amide bonds. The maximum absolute atomic E-state index is 10.7. The zero-order valence-corrected chi connectivity index (χ0v) is 10.5. The van der Waals surface area contributed by atoms with Gasteiger partial charge in [-0.05, 0) is 40.3 Å². The van der Waals surface area contributed by atoms with Crippen molar-refractivity contribution in [3.05, 3.63) is 24.3 Å². The van der Waals surface area contributed by atoms with Crippen molar-refractivity contribution < 1.29 is 5.11 Å². The Labute approximate surface area is 100 Å². The van der Waals surface area contributed by atoms with Gasteiger partial charge in [0.05, 0.1) is 5.52 Å². The van der Waals surface area contributed by atoms with Crippen LogP contribution in [0.3, 0.4) is 0 Å². The lowest BCUT2D eigenvalue weighted by atomic mass is 10.3. The number of benzene rings is 1. The predicted octanol–water partition coefficient (Wildman–Crippen LogP) is 0.115. The highest BCUT2D eigenvalue weighted by Crippen LogP contribution is 2.22. The molecule has 1 N–H and O–H groups in total. The van der Waals surface area contributed by atoms with Crippen LogP contribution in [-0.2, 0) is 5.97 Å². The summed E-state index contributed by atoms with van der Waals surface area (Å²) >= 11 is 0. The number of fused-ring (bicyclic) bond motifs is 1. The minimum absolute atomic E-state index is 0.759. The molecule has 0 saturated carbocycles. The van der Waals surface area contributed by atoms with E-state index in [2.05, 4.69) is 10.3 Å². The van der Waals surface area contributed by atoms with Gasteiger partial charge in [0.15, 0.2) is 0 Å². The number of aliphatic hydroxyl groups is 1. The molecule has 1 heterocycles. The molecule has 6 heteroatoms. The molecule has 17 heavy (non-hydrogen) atoms. The highest BCUT2D eigenvalue weighted by atomic mass is 16.4. The van der Waals surface area contributed by atoms with Crippen molar-refractivity contribution in [2.75, 3.05) is 28.2 Å². The quantitative estimate of drug-likeness (QED) is 0.765.